The van der Waals surface area contributed by atoms with E-state index in [2.05, 4.69) is 67.8 Å². The van der Waals surface area contributed by atoms with Gasteiger partial charge in [-0.2, -0.15) is 0 Å². The number of carbonyl (C=O) groups is 3. The molecular weight excluding hydrogens is 779 g/mol. The molecule has 0 aliphatic rings. The molecule has 0 aromatic heterocycles. The van der Waals surface area contributed by atoms with Crippen molar-refractivity contribution in [3.63, 3.8) is 0 Å². The quantitative estimate of drug-likeness (QED) is 0.173. The normalized spacial score (nSPS) is 10.6. The van der Waals surface area contributed by atoms with Crippen molar-refractivity contribution in [3.05, 3.63) is 83.5 Å². The van der Waals surface area contributed by atoms with Crippen LogP contribution in [0.15, 0.2) is 72.8 Å². The first-order chi connectivity index (χ1) is 16.3. The molecule has 34 heavy (non-hydrogen) atoms. The molecule has 176 valence electrons. The fourth-order valence-electron chi connectivity index (χ4n) is 2.71. The Kier molecular flexibility index (Phi) is 10.5. The summed E-state index contributed by atoms with van der Waals surface area (Å²) in [5, 5.41) is 0. The van der Waals surface area contributed by atoms with Gasteiger partial charge in [0.1, 0.15) is 17.2 Å². The van der Waals surface area contributed by atoms with E-state index in [4.69, 9.17) is 14.2 Å². The molecule has 3 rings (SSSR count). The summed E-state index contributed by atoms with van der Waals surface area (Å²) in [7, 11) is 0. The van der Waals surface area contributed by atoms with Gasteiger partial charge in [-0.1, -0.05) is 0 Å². The summed E-state index contributed by atoms with van der Waals surface area (Å²) < 4.78 is 19.0. The van der Waals surface area contributed by atoms with Crippen LogP contribution in [-0.2, 0) is 14.4 Å². The Morgan fingerprint density at radius 1 is 0.500 bits per heavy atom. The third kappa shape index (κ3) is 9.46. The third-order valence-corrected chi connectivity index (χ3v) is 6.35. The molecule has 3 aromatic rings. The number of rotatable bonds is 9. The second-order valence-electron chi connectivity index (χ2n) is 6.93. The Morgan fingerprint density at radius 3 is 0.971 bits per heavy atom. The smallest absolute Gasteiger partial charge is 0.325 e. The van der Waals surface area contributed by atoms with Crippen LogP contribution in [0.4, 0.5) is 0 Å². The van der Waals surface area contributed by atoms with Crippen LogP contribution < -0.4 is 14.2 Å². The summed E-state index contributed by atoms with van der Waals surface area (Å²) >= 11 is 6.44. The molecule has 0 atom stereocenters. The van der Waals surface area contributed by atoms with E-state index in [0.29, 0.717) is 17.2 Å². The molecule has 0 saturated heterocycles. The molecule has 7 nitrogen and oxygen atoms in total. The number of halogens is 3. The van der Waals surface area contributed by atoms with Gasteiger partial charge in [-0.15, -0.1) is 0 Å². The van der Waals surface area contributed by atoms with Gasteiger partial charge in [0, 0.05) is 10.7 Å². The zero-order chi connectivity index (χ0) is 24.5. The highest BCUT2D eigenvalue weighted by atomic mass is 127. The summed E-state index contributed by atoms with van der Waals surface area (Å²) in [6.45, 7) is -0.930. The SMILES string of the molecule is O=C(CN(CC(=O)Oc1ccc(I)cc1)CC(=O)Oc1ccc(I)cc1)Oc1ccc(I)cc1. The maximum Gasteiger partial charge on any atom is 0.325 e. The summed E-state index contributed by atoms with van der Waals surface area (Å²) in [4.78, 5) is 38.8. The van der Waals surface area contributed by atoms with Crippen molar-refractivity contribution in [2.75, 3.05) is 19.6 Å². The van der Waals surface area contributed by atoms with E-state index >= 15 is 0 Å². The molecule has 0 unspecified atom stereocenters. The number of nitrogens with zero attached hydrogens (tertiary/aromatic N) is 1. The van der Waals surface area contributed by atoms with E-state index in [1.165, 1.54) is 4.90 Å². The van der Waals surface area contributed by atoms with Gasteiger partial charge >= 0.3 is 17.9 Å². The zero-order valence-electron chi connectivity index (χ0n) is 17.6. The summed E-state index contributed by atoms with van der Waals surface area (Å²) in [5.41, 5.74) is 0. The number of benzene rings is 3. The molecule has 10 heteroatoms. The van der Waals surface area contributed by atoms with Crippen LogP contribution in [0, 0.1) is 10.7 Å². The van der Waals surface area contributed by atoms with Gasteiger partial charge in [0.25, 0.3) is 0 Å². The van der Waals surface area contributed by atoms with Gasteiger partial charge in [-0.25, -0.2) is 0 Å². The fraction of sp³-hybridized carbons (Fsp3) is 0.125. The van der Waals surface area contributed by atoms with Gasteiger partial charge in [-0.05, 0) is 141 Å². The first kappa shape index (κ1) is 26.8. The van der Waals surface area contributed by atoms with E-state index < -0.39 is 17.9 Å². The van der Waals surface area contributed by atoms with Crippen molar-refractivity contribution in [2.24, 2.45) is 0 Å². The average Bonchev–Trinajstić information content (AvgIpc) is 2.78. The topological polar surface area (TPSA) is 82.1 Å². The number of hydrogen-bond donors (Lipinski definition) is 0. The second kappa shape index (κ2) is 13.3. The van der Waals surface area contributed by atoms with Crippen LogP contribution in [0.25, 0.3) is 0 Å². The molecule has 0 heterocycles. The lowest BCUT2D eigenvalue weighted by atomic mass is 10.3. The predicted molar refractivity (Wildman–Crippen MR) is 151 cm³/mol. The second-order valence-corrected chi connectivity index (χ2v) is 10.7. The Bertz CT molecular complexity index is 989. The van der Waals surface area contributed by atoms with Crippen molar-refractivity contribution in [1.29, 1.82) is 0 Å². The lowest BCUT2D eigenvalue weighted by Crippen LogP contribution is -2.41. The molecule has 0 aliphatic carbocycles. The number of hydrogen-bond acceptors (Lipinski definition) is 7. The number of ether oxygens (including phenoxy) is 3. The standard InChI is InChI=1S/C24H18I3NO6/c25-16-1-7-19(8-2-16)32-22(29)13-28(14-23(30)33-20-9-3-17(26)4-10-20)15-24(31)34-21-11-5-18(27)6-12-21/h1-12H,13-15H2. The minimum absolute atomic E-state index is 0.310. The van der Waals surface area contributed by atoms with Crippen molar-refractivity contribution in [1.82, 2.24) is 4.90 Å². The Hall–Kier alpha value is -1.78. The minimum Gasteiger partial charge on any atom is -0.426 e. The molecule has 0 amide bonds. The Labute approximate surface area is 237 Å². The van der Waals surface area contributed by atoms with Gasteiger partial charge in [0.15, 0.2) is 0 Å². The van der Waals surface area contributed by atoms with Gasteiger partial charge in [0.05, 0.1) is 19.6 Å². The molecule has 0 radical (unpaired) electrons. The predicted octanol–water partition coefficient (Wildman–Crippen LogP) is 4.92. The fourth-order valence-corrected chi connectivity index (χ4v) is 3.79. The summed E-state index contributed by atoms with van der Waals surface area (Å²) in [6.07, 6.45) is 0. The van der Waals surface area contributed by atoms with Crippen LogP contribution in [-0.4, -0.2) is 42.4 Å². The lowest BCUT2D eigenvalue weighted by molar-refractivity contribution is -0.142. The highest BCUT2D eigenvalue weighted by molar-refractivity contribution is 14.1. The van der Waals surface area contributed by atoms with Crippen LogP contribution in [0.1, 0.15) is 0 Å². The lowest BCUT2D eigenvalue weighted by Gasteiger charge is -2.19. The molecule has 0 saturated carbocycles. The maximum atomic E-state index is 12.5. The van der Waals surface area contributed by atoms with Crippen molar-refractivity contribution < 1.29 is 28.6 Å². The van der Waals surface area contributed by atoms with Crippen LogP contribution in [0.5, 0.6) is 17.2 Å². The van der Waals surface area contributed by atoms with Gasteiger partial charge in [-0.3, -0.25) is 19.3 Å². The van der Waals surface area contributed by atoms with E-state index in [0.717, 1.165) is 10.7 Å². The van der Waals surface area contributed by atoms with Gasteiger partial charge in [0.2, 0.25) is 0 Å². The first-order valence-electron chi connectivity index (χ1n) is 9.88. The van der Waals surface area contributed by atoms with Crippen molar-refractivity contribution in [2.45, 2.75) is 0 Å². The molecule has 0 fully saturated rings. The zero-order valence-corrected chi connectivity index (χ0v) is 24.1. The van der Waals surface area contributed by atoms with E-state index in [1.807, 2.05) is 0 Å². The molecule has 3 aromatic carbocycles. The summed E-state index contributed by atoms with van der Waals surface area (Å²) in [5.74, 6) is -0.754. The van der Waals surface area contributed by atoms with Crippen LogP contribution in [0.3, 0.4) is 0 Å². The number of carbonyl (C=O) groups excluding carboxylic acids is 3. The Morgan fingerprint density at radius 2 is 0.735 bits per heavy atom. The van der Waals surface area contributed by atoms with Gasteiger partial charge < -0.3 is 14.2 Å². The van der Waals surface area contributed by atoms with E-state index in [9.17, 15) is 14.4 Å². The monoisotopic (exact) mass is 797 g/mol. The van der Waals surface area contributed by atoms with Crippen LogP contribution >= 0.6 is 67.8 Å². The Balaban J connectivity index is 1.64. The molecule has 0 aliphatic heterocycles. The number of esters is 3. The van der Waals surface area contributed by atoms with E-state index in [1.54, 1.807) is 72.8 Å². The average molecular weight is 797 g/mol. The summed E-state index contributed by atoms with van der Waals surface area (Å²) in [6, 6.07) is 20.8. The van der Waals surface area contributed by atoms with E-state index in [-0.39, 0.29) is 19.6 Å². The van der Waals surface area contributed by atoms with Crippen molar-refractivity contribution >= 4 is 85.7 Å². The highest BCUT2D eigenvalue weighted by Crippen LogP contribution is 2.16. The molecule has 0 spiro atoms. The first-order valence-corrected chi connectivity index (χ1v) is 13.1. The highest BCUT2D eigenvalue weighted by Gasteiger charge is 2.21. The molecule has 0 N–H and O–H groups in total. The largest absolute Gasteiger partial charge is 0.426 e. The third-order valence-electron chi connectivity index (χ3n) is 4.19. The minimum atomic E-state index is -0.620. The van der Waals surface area contributed by atoms with Crippen molar-refractivity contribution in [3.8, 4) is 17.2 Å². The molecular formula is C24H18I3NO6. The van der Waals surface area contributed by atoms with Crippen LogP contribution in [0.2, 0.25) is 0 Å². The molecule has 0 bridgehead atoms. The maximum absolute atomic E-state index is 12.5.